The van der Waals surface area contributed by atoms with Crippen LogP contribution in [-0.2, 0) is 9.05 Å². The summed E-state index contributed by atoms with van der Waals surface area (Å²) in [6.07, 6.45) is -1.45. The van der Waals surface area contributed by atoms with Crippen LogP contribution in [-0.4, -0.2) is 23.0 Å². The van der Waals surface area contributed by atoms with Gasteiger partial charge >= 0.3 is 0 Å². The van der Waals surface area contributed by atoms with Crippen LogP contribution in [0.5, 0.6) is 0 Å². The molecule has 122 valence electrons. The molecular weight excluding hydrogens is 391 g/mol. The fraction of sp³-hybridized carbons (Fsp3) is 0.167. The molecule has 0 N–H and O–H groups in total. The van der Waals surface area contributed by atoms with Gasteiger partial charge in [0.15, 0.2) is 10.0 Å². The number of fused-ring (bicyclic) bond motifs is 1. The molecule has 23 heavy (non-hydrogen) atoms. The Hall–Kier alpha value is -1.29. The second kappa shape index (κ2) is 5.66. The highest BCUT2D eigenvalue weighted by molar-refractivity contribution is 8.13. The highest BCUT2D eigenvalue weighted by atomic mass is 35.7. The highest BCUT2D eigenvalue weighted by Gasteiger charge is 2.21. The number of pyridine rings is 1. The zero-order valence-corrected chi connectivity index (χ0v) is 14.4. The van der Waals surface area contributed by atoms with Gasteiger partial charge in [0.05, 0.1) is 16.2 Å². The number of aromatic nitrogens is 3. The molecule has 0 spiro atoms. The number of alkyl halides is 2. The summed E-state index contributed by atoms with van der Waals surface area (Å²) in [4.78, 5) is -0.202. The summed E-state index contributed by atoms with van der Waals surface area (Å²) in [7, 11) is 1.36. The standard InChI is InChI=1S/C12H7Cl2F2N3O2S2/c1-5-2-8(11-17-18-12(22-11)10(15)16)19-4-6(23(14,20)21)3-7(13)9(5)19/h2-4,10H,1H3. The molecule has 0 aromatic carbocycles. The predicted molar refractivity (Wildman–Crippen MR) is 84.0 cm³/mol. The Kier molecular flexibility index (Phi) is 4.07. The largest absolute Gasteiger partial charge is 0.311 e. The van der Waals surface area contributed by atoms with E-state index >= 15 is 0 Å². The van der Waals surface area contributed by atoms with Crippen molar-refractivity contribution in [1.82, 2.24) is 14.6 Å². The number of halogens is 4. The maximum absolute atomic E-state index is 12.7. The smallest absolute Gasteiger partial charge is 0.291 e. The van der Waals surface area contributed by atoms with E-state index in [2.05, 4.69) is 10.2 Å². The van der Waals surface area contributed by atoms with Gasteiger partial charge in [-0.2, -0.15) is 0 Å². The zero-order chi connectivity index (χ0) is 16.9. The van der Waals surface area contributed by atoms with Crippen LogP contribution in [0.15, 0.2) is 23.2 Å². The lowest BCUT2D eigenvalue weighted by atomic mass is 10.3. The molecule has 0 saturated heterocycles. The molecule has 0 bridgehead atoms. The number of rotatable bonds is 3. The molecule has 5 nitrogen and oxygen atoms in total. The van der Waals surface area contributed by atoms with Crippen molar-refractivity contribution in [3.8, 4) is 10.7 Å². The normalized spacial score (nSPS) is 12.4. The third kappa shape index (κ3) is 2.93. The van der Waals surface area contributed by atoms with Gasteiger partial charge in [-0.1, -0.05) is 22.9 Å². The first kappa shape index (κ1) is 16.6. The average molecular weight is 398 g/mol. The van der Waals surface area contributed by atoms with Gasteiger partial charge in [-0.25, -0.2) is 17.2 Å². The molecule has 0 amide bonds. The van der Waals surface area contributed by atoms with Crippen LogP contribution in [0.2, 0.25) is 5.02 Å². The Labute approximate surface area is 142 Å². The van der Waals surface area contributed by atoms with Crippen LogP contribution in [0, 0.1) is 6.92 Å². The third-order valence-electron chi connectivity index (χ3n) is 3.11. The van der Waals surface area contributed by atoms with Crippen molar-refractivity contribution in [2.24, 2.45) is 0 Å². The van der Waals surface area contributed by atoms with E-state index in [0.717, 1.165) is 16.9 Å². The fourth-order valence-electron chi connectivity index (χ4n) is 2.17. The molecule has 0 fully saturated rings. The maximum Gasteiger partial charge on any atom is 0.291 e. The molecule has 0 radical (unpaired) electrons. The lowest BCUT2D eigenvalue weighted by Crippen LogP contribution is -1.96. The number of hydrogen-bond acceptors (Lipinski definition) is 5. The van der Waals surface area contributed by atoms with E-state index in [-0.39, 0.29) is 14.9 Å². The van der Waals surface area contributed by atoms with Crippen LogP contribution < -0.4 is 0 Å². The van der Waals surface area contributed by atoms with Crippen molar-refractivity contribution in [2.75, 3.05) is 0 Å². The summed E-state index contributed by atoms with van der Waals surface area (Å²) < 4.78 is 49.9. The first-order chi connectivity index (χ1) is 10.7. The minimum absolute atomic E-state index is 0.175. The highest BCUT2D eigenvalue weighted by Crippen LogP contribution is 2.35. The lowest BCUT2D eigenvalue weighted by molar-refractivity contribution is 0.150. The second-order valence-electron chi connectivity index (χ2n) is 4.64. The van der Waals surface area contributed by atoms with Gasteiger partial charge in [0.2, 0.25) is 0 Å². The van der Waals surface area contributed by atoms with E-state index in [9.17, 15) is 17.2 Å². The molecule has 0 aliphatic rings. The summed E-state index contributed by atoms with van der Waals surface area (Å²) in [5.74, 6) is 0. The van der Waals surface area contributed by atoms with Gasteiger partial charge in [-0.15, -0.1) is 10.2 Å². The molecule has 0 unspecified atom stereocenters. The van der Waals surface area contributed by atoms with Gasteiger partial charge in [-0.05, 0) is 24.6 Å². The van der Waals surface area contributed by atoms with Crippen molar-refractivity contribution >= 4 is 48.2 Å². The van der Waals surface area contributed by atoms with Crippen LogP contribution in [0.4, 0.5) is 8.78 Å². The Balaban J connectivity index is 2.30. The van der Waals surface area contributed by atoms with Gasteiger partial charge < -0.3 is 4.40 Å². The quantitative estimate of drug-likeness (QED) is 0.618. The summed E-state index contributed by atoms with van der Waals surface area (Å²) in [6, 6.07) is 2.91. The van der Waals surface area contributed by atoms with Crippen molar-refractivity contribution in [2.45, 2.75) is 18.2 Å². The van der Waals surface area contributed by atoms with Crippen LogP contribution in [0.25, 0.3) is 16.2 Å². The SMILES string of the molecule is Cc1cc(-c2nnc(C(F)F)s2)n2cc(S(=O)(=O)Cl)cc(Cl)c12. The van der Waals surface area contributed by atoms with Crippen molar-refractivity contribution < 1.29 is 17.2 Å². The minimum atomic E-state index is -4.00. The number of hydrogen-bond donors (Lipinski definition) is 0. The molecule has 0 aliphatic heterocycles. The van der Waals surface area contributed by atoms with Crippen LogP contribution in [0.1, 0.15) is 17.0 Å². The van der Waals surface area contributed by atoms with E-state index in [1.54, 1.807) is 13.0 Å². The van der Waals surface area contributed by atoms with Gasteiger partial charge in [0.25, 0.3) is 15.5 Å². The molecule has 11 heteroatoms. The van der Waals surface area contributed by atoms with E-state index in [1.807, 2.05) is 0 Å². The molecule has 0 atom stereocenters. The zero-order valence-electron chi connectivity index (χ0n) is 11.3. The molecule has 3 aromatic rings. The Morgan fingerprint density at radius 2 is 2.00 bits per heavy atom. The molecule has 0 aliphatic carbocycles. The Morgan fingerprint density at radius 3 is 2.57 bits per heavy atom. The predicted octanol–water partition coefficient (Wildman–Crippen LogP) is 4.28. The monoisotopic (exact) mass is 397 g/mol. The molecule has 3 aromatic heterocycles. The minimum Gasteiger partial charge on any atom is -0.311 e. The van der Waals surface area contributed by atoms with E-state index in [4.69, 9.17) is 22.3 Å². The van der Waals surface area contributed by atoms with E-state index in [1.165, 1.54) is 16.7 Å². The molecule has 3 rings (SSSR count). The maximum atomic E-state index is 12.7. The molecule has 0 saturated carbocycles. The van der Waals surface area contributed by atoms with E-state index in [0.29, 0.717) is 11.2 Å². The third-order valence-corrected chi connectivity index (χ3v) is 5.67. The summed E-state index contributed by atoms with van der Waals surface area (Å²) in [6.45, 7) is 1.76. The number of aryl methyl sites for hydroxylation is 1. The summed E-state index contributed by atoms with van der Waals surface area (Å²) in [5, 5.41) is 7.15. The van der Waals surface area contributed by atoms with Gasteiger partial charge in [-0.3, -0.25) is 0 Å². The Bertz CT molecular complexity index is 1010. The van der Waals surface area contributed by atoms with Crippen molar-refractivity contribution in [3.05, 3.63) is 33.9 Å². The van der Waals surface area contributed by atoms with Gasteiger partial charge in [0, 0.05) is 16.9 Å². The number of nitrogens with zero attached hydrogens (tertiary/aromatic N) is 3. The van der Waals surface area contributed by atoms with Crippen LogP contribution in [0.3, 0.4) is 0 Å². The molecule has 3 heterocycles. The topological polar surface area (TPSA) is 64.3 Å². The first-order valence-corrected chi connectivity index (χ1v) is 9.56. The van der Waals surface area contributed by atoms with Crippen LogP contribution >= 0.6 is 33.6 Å². The first-order valence-electron chi connectivity index (χ1n) is 6.06. The summed E-state index contributed by atoms with van der Waals surface area (Å²) in [5.41, 5.74) is 1.68. The molecular formula is C12H7Cl2F2N3O2S2. The fourth-order valence-corrected chi connectivity index (χ4v) is 4.05. The summed E-state index contributed by atoms with van der Waals surface area (Å²) >= 11 is 6.86. The second-order valence-corrected chi connectivity index (χ2v) is 8.62. The average Bonchev–Trinajstić information content (AvgIpc) is 3.02. The van der Waals surface area contributed by atoms with Crippen molar-refractivity contribution in [3.63, 3.8) is 0 Å². The van der Waals surface area contributed by atoms with Gasteiger partial charge in [0.1, 0.15) is 4.90 Å². The van der Waals surface area contributed by atoms with E-state index < -0.39 is 20.5 Å². The lowest BCUT2D eigenvalue weighted by Gasteiger charge is -2.05. The Morgan fingerprint density at radius 1 is 1.30 bits per heavy atom. The van der Waals surface area contributed by atoms with Crippen molar-refractivity contribution in [1.29, 1.82) is 0 Å².